The number of hydrogen-bond acceptors (Lipinski definition) is 7. The molecule has 0 fully saturated rings. The van der Waals surface area contributed by atoms with Crippen molar-refractivity contribution in [2.45, 2.75) is 78.2 Å². The van der Waals surface area contributed by atoms with Crippen molar-refractivity contribution in [1.82, 2.24) is 15.1 Å². The second-order valence-corrected chi connectivity index (χ2v) is 12.6. The van der Waals surface area contributed by atoms with Crippen LogP contribution in [0.25, 0.3) is 0 Å². The zero-order valence-corrected chi connectivity index (χ0v) is 25.1. The molecule has 1 aliphatic rings. The molecule has 1 heterocycles. The smallest absolute Gasteiger partial charge is 0.317 e. The molecule has 2 rings (SSSR count). The molecule has 4 atom stereocenters. The normalized spacial score (nSPS) is 22.3. The number of rotatable bonds is 7. The Balaban J connectivity index is 2.46. The van der Waals surface area contributed by atoms with E-state index in [0.29, 0.717) is 18.9 Å². The monoisotopic (exact) mass is 570 g/mol. The van der Waals surface area contributed by atoms with E-state index < -0.39 is 22.0 Å². The SMILES string of the molecule is CC(C)NC(=O)N(C)C[C@@H]1OCCCC[C@@H](C)Oc2ccc(NS(C)(=O)=O)cc2C(=O)N([C@H](C)CO)C[C@@H]1C. The lowest BCUT2D eigenvalue weighted by atomic mass is 10.0. The molecule has 1 aromatic rings. The minimum atomic E-state index is -3.57. The predicted octanol–water partition coefficient (Wildman–Crippen LogP) is 2.90. The molecule has 3 amide bonds. The zero-order valence-electron chi connectivity index (χ0n) is 24.3. The van der Waals surface area contributed by atoms with Crippen molar-refractivity contribution in [3.8, 4) is 5.75 Å². The molecule has 0 radical (unpaired) electrons. The second-order valence-electron chi connectivity index (χ2n) is 10.9. The summed E-state index contributed by atoms with van der Waals surface area (Å²) in [6.45, 7) is 10.2. The third-order valence-electron chi connectivity index (χ3n) is 6.57. The third kappa shape index (κ3) is 10.5. The summed E-state index contributed by atoms with van der Waals surface area (Å²) in [4.78, 5) is 29.7. The van der Waals surface area contributed by atoms with Crippen molar-refractivity contribution < 1.29 is 32.6 Å². The molecule has 0 aromatic heterocycles. The summed E-state index contributed by atoms with van der Waals surface area (Å²) in [5, 5.41) is 12.9. The number of fused-ring (bicyclic) bond motifs is 1. The quantitative estimate of drug-likeness (QED) is 0.458. The van der Waals surface area contributed by atoms with Crippen LogP contribution in [0.2, 0.25) is 0 Å². The van der Waals surface area contributed by atoms with Crippen molar-refractivity contribution in [3.63, 3.8) is 0 Å². The van der Waals surface area contributed by atoms with E-state index in [0.717, 1.165) is 25.5 Å². The van der Waals surface area contributed by atoms with Gasteiger partial charge in [-0.25, -0.2) is 13.2 Å². The van der Waals surface area contributed by atoms with Gasteiger partial charge >= 0.3 is 6.03 Å². The highest BCUT2D eigenvalue weighted by Crippen LogP contribution is 2.28. The number of carbonyl (C=O) groups excluding carboxylic acids is 2. The number of amides is 3. The van der Waals surface area contributed by atoms with Crippen LogP contribution in [-0.2, 0) is 14.8 Å². The number of carbonyl (C=O) groups is 2. The number of hydrogen-bond donors (Lipinski definition) is 3. The number of sulfonamides is 1. The molecule has 0 saturated heterocycles. The number of aliphatic hydroxyl groups is 1. The number of nitrogens with zero attached hydrogens (tertiary/aromatic N) is 2. The van der Waals surface area contributed by atoms with Gasteiger partial charge in [0, 0.05) is 44.4 Å². The molecule has 1 aliphatic heterocycles. The largest absolute Gasteiger partial charge is 0.490 e. The Morgan fingerprint density at radius 3 is 2.54 bits per heavy atom. The average Bonchev–Trinajstić information content (AvgIpc) is 2.84. The fourth-order valence-corrected chi connectivity index (χ4v) is 4.93. The fourth-order valence-electron chi connectivity index (χ4n) is 4.37. The van der Waals surface area contributed by atoms with Gasteiger partial charge in [-0.3, -0.25) is 9.52 Å². The van der Waals surface area contributed by atoms with Crippen LogP contribution in [-0.4, -0.2) is 99.2 Å². The number of ether oxygens (including phenoxy) is 2. The highest BCUT2D eigenvalue weighted by atomic mass is 32.2. The lowest BCUT2D eigenvalue weighted by Gasteiger charge is -2.36. The van der Waals surface area contributed by atoms with Gasteiger partial charge in [0.2, 0.25) is 10.0 Å². The minimum absolute atomic E-state index is 0.00726. The van der Waals surface area contributed by atoms with Gasteiger partial charge in [-0.2, -0.15) is 0 Å². The first-order valence-corrected chi connectivity index (χ1v) is 15.4. The number of urea groups is 1. The van der Waals surface area contributed by atoms with Crippen LogP contribution in [0.5, 0.6) is 5.75 Å². The van der Waals surface area contributed by atoms with E-state index >= 15 is 0 Å². The van der Waals surface area contributed by atoms with E-state index in [-0.39, 0.29) is 54.6 Å². The number of benzene rings is 1. The lowest BCUT2D eigenvalue weighted by Crippen LogP contribution is -2.49. The molecule has 222 valence electrons. The molecule has 0 unspecified atom stereocenters. The van der Waals surface area contributed by atoms with E-state index in [1.54, 1.807) is 35.9 Å². The average molecular weight is 571 g/mol. The Labute approximate surface area is 233 Å². The molecule has 0 saturated carbocycles. The maximum Gasteiger partial charge on any atom is 0.317 e. The molecule has 0 spiro atoms. The summed E-state index contributed by atoms with van der Waals surface area (Å²) in [6.07, 6.45) is 2.87. The lowest BCUT2D eigenvalue weighted by molar-refractivity contribution is -0.0122. The summed E-state index contributed by atoms with van der Waals surface area (Å²) < 4.78 is 38.5. The van der Waals surface area contributed by atoms with Gasteiger partial charge in [0.05, 0.1) is 36.7 Å². The van der Waals surface area contributed by atoms with Crippen LogP contribution in [0.15, 0.2) is 18.2 Å². The van der Waals surface area contributed by atoms with Gasteiger partial charge in [0.1, 0.15) is 5.75 Å². The minimum Gasteiger partial charge on any atom is -0.490 e. The van der Waals surface area contributed by atoms with Gasteiger partial charge in [0.25, 0.3) is 5.91 Å². The van der Waals surface area contributed by atoms with Crippen LogP contribution in [0.4, 0.5) is 10.5 Å². The van der Waals surface area contributed by atoms with Crippen LogP contribution in [0.3, 0.4) is 0 Å². The van der Waals surface area contributed by atoms with Crippen molar-refractivity contribution in [2.24, 2.45) is 5.92 Å². The van der Waals surface area contributed by atoms with Gasteiger partial charge in [0.15, 0.2) is 0 Å². The van der Waals surface area contributed by atoms with Crippen molar-refractivity contribution in [2.75, 3.05) is 44.3 Å². The van der Waals surface area contributed by atoms with Gasteiger partial charge in [-0.05, 0) is 65.2 Å². The third-order valence-corrected chi connectivity index (χ3v) is 7.17. The number of aliphatic hydroxyl groups excluding tert-OH is 1. The fraction of sp³-hybridized carbons (Fsp3) is 0.704. The zero-order chi connectivity index (χ0) is 29.3. The summed E-state index contributed by atoms with van der Waals surface area (Å²) >= 11 is 0. The summed E-state index contributed by atoms with van der Waals surface area (Å²) in [5.41, 5.74) is 0.441. The first kappa shape index (κ1) is 32.6. The maximum atomic E-state index is 14.0. The number of likely N-dealkylation sites (N-methyl/N-ethyl adjacent to an activating group) is 1. The van der Waals surface area contributed by atoms with Crippen LogP contribution in [0.1, 0.15) is 64.2 Å². The number of anilines is 1. The van der Waals surface area contributed by atoms with E-state index in [2.05, 4.69) is 10.0 Å². The summed E-state index contributed by atoms with van der Waals surface area (Å²) in [6, 6.07) is 3.88. The van der Waals surface area contributed by atoms with E-state index in [1.165, 1.54) is 6.07 Å². The van der Waals surface area contributed by atoms with Crippen molar-refractivity contribution in [3.05, 3.63) is 23.8 Å². The molecule has 11 nitrogen and oxygen atoms in total. The highest BCUT2D eigenvalue weighted by molar-refractivity contribution is 7.92. The molecular weight excluding hydrogens is 524 g/mol. The summed E-state index contributed by atoms with van der Waals surface area (Å²) in [5.74, 6) is -0.241. The van der Waals surface area contributed by atoms with Gasteiger partial charge in [-0.1, -0.05) is 6.92 Å². The number of nitrogens with one attached hydrogen (secondary N) is 2. The molecule has 1 aromatic carbocycles. The predicted molar refractivity (Wildman–Crippen MR) is 152 cm³/mol. The Kier molecular flexibility index (Phi) is 12.3. The Bertz CT molecular complexity index is 1070. The molecule has 3 N–H and O–H groups in total. The molecular formula is C27H46N4O7S. The summed E-state index contributed by atoms with van der Waals surface area (Å²) in [7, 11) is -1.86. The van der Waals surface area contributed by atoms with Gasteiger partial charge < -0.3 is 29.7 Å². The first-order chi connectivity index (χ1) is 18.2. The highest BCUT2D eigenvalue weighted by Gasteiger charge is 2.31. The molecule has 0 aliphatic carbocycles. The topological polar surface area (TPSA) is 138 Å². The van der Waals surface area contributed by atoms with E-state index in [9.17, 15) is 23.1 Å². The second kappa shape index (κ2) is 14.7. The molecule has 12 heteroatoms. The molecule has 39 heavy (non-hydrogen) atoms. The van der Waals surface area contributed by atoms with Crippen molar-refractivity contribution >= 4 is 27.6 Å². The van der Waals surface area contributed by atoms with Crippen LogP contribution < -0.4 is 14.8 Å². The Hall–Kier alpha value is -2.57. The van der Waals surface area contributed by atoms with Gasteiger partial charge in [-0.15, -0.1) is 0 Å². The Morgan fingerprint density at radius 1 is 1.23 bits per heavy atom. The standard InChI is InChI=1S/C27H46N4O7S/c1-18(2)28-27(34)30(6)16-25-19(3)15-31(20(4)17-32)26(33)23-14-22(29-39(7,35)36)11-12-24(23)38-21(5)10-8-9-13-37-25/h11-12,14,18-21,25,29,32H,8-10,13,15-17H2,1-7H3,(H,28,34)/t19-,20+,21+,25-/m0/s1. The van der Waals surface area contributed by atoms with Crippen LogP contribution >= 0.6 is 0 Å². The van der Waals surface area contributed by atoms with E-state index in [1.807, 2.05) is 27.7 Å². The first-order valence-electron chi connectivity index (χ1n) is 13.5. The van der Waals surface area contributed by atoms with Crippen LogP contribution in [0, 0.1) is 5.92 Å². The van der Waals surface area contributed by atoms with E-state index in [4.69, 9.17) is 9.47 Å². The maximum absolute atomic E-state index is 14.0. The van der Waals surface area contributed by atoms with Crippen molar-refractivity contribution in [1.29, 1.82) is 0 Å². The Morgan fingerprint density at radius 2 is 1.92 bits per heavy atom. The molecule has 0 bridgehead atoms.